The van der Waals surface area contributed by atoms with Gasteiger partial charge in [0, 0.05) is 12.8 Å². The van der Waals surface area contributed by atoms with Crippen LogP contribution in [0.1, 0.15) is 32.1 Å². The van der Waals surface area contributed by atoms with E-state index in [0.717, 1.165) is 30.5 Å². The number of hydrogen-bond acceptors (Lipinski definition) is 4. The zero-order chi connectivity index (χ0) is 16.1. The largest absolute Gasteiger partial charge is 0.493 e. The Balaban J connectivity index is 1.53. The van der Waals surface area contributed by atoms with Gasteiger partial charge in [0.05, 0.1) is 19.8 Å². The van der Waals surface area contributed by atoms with Gasteiger partial charge >= 0.3 is 0 Å². The van der Waals surface area contributed by atoms with Crippen LogP contribution in [0.15, 0.2) is 24.3 Å². The lowest BCUT2D eigenvalue weighted by molar-refractivity contribution is 0.0963. The molecule has 1 heterocycles. The topological polar surface area (TPSA) is 30.9 Å². The first-order chi connectivity index (χ1) is 11.3. The molecule has 0 spiro atoms. The number of anilines is 1. The summed E-state index contributed by atoms with van der Waals surface area (Å²) in [6.45, 7) is 2.12. The minimum absolute atomic E-state index is 0.00901. The Hall–Kier alpha value is -1.33. The molecule has 4 nitrogen and oxygen atoms in total. The highest BCUT2D eigenvalue weighted by atomic mass is 32.1. The van der Waals surface area contributed by atoms with E-state index in [1.54, 1.807) is 7.11 Å². The van der Waals surface area contributed by atoms with Crippen LogP contribution < -0.4 is 9.64 Å². The highest BCUT2D eigenvalue weighted by Gasteiger charge is 2.29. The predicted molar refractivity (Wildman–Crippen MR) is 95.2 cm³/mol. The van der Waals surface area contributed by atoms with E-state index in [-0.39, 0.29) is 6.10 Å². The summed E-state index contributed by atoms with van der Waals surface area (Å²) in [4.78, 5) is 2.00. The summed E-state index contributed by atoms with van der Waals surface area (Å²) in [6, 6.07) is 8.12. The van der Waals surface area contributed by atoms with Gasteiger partial charge in [0.1, 0.15) is 11.9 Å². The Kier molecular flexibility index (Phi) is 5.73. The first kappa shape index (κ1) is 16.5. The van der Waals surface area contributed by atoms with Crippen molar-refractivity contribution in [2.24, 2.45) is 5.92 Å². The molecule has 2 fully saturated rings. The lowest BCUT2D eigenvalue weighted by Crippen LogP contribution is -2.25. The summed E-state index contributed by atoms with van der Waals surface area (Å²) in [5, 5.41) is 0.517. The fourth-order valence-electron chi connectivity index (χ4n) is 3.30. The van der Waals surface area contributed by atoms with E-state index >= 15 is 0 Å². The van der Waals surface area contributed by atoms with Crippen molar-refractivity contribution < 1.29 is 14.2 Å². The van der Waals surface area contributed by atoms with Crippen LogP contribution in [0.5, 0.6) is 5.75 Å². The van der Waals surface area contributed by atoms with Gasteiger partial charge in [-0.3, -0.25) is 4.90 Å². The smallest absolute Gasteiger partial charge is 0.264 e. The molecule has 1 atom stereocenters. The molecule has 1 aliphatic heterocycles. The summed E-state index contributed by atoms with van der Waals surface area (Å²) in [7, 11) is 1.67. The zero-order valence-electron chi connectivity index (χ0n) is 13.7. The lowest BCUT2D eigenvalue weighted by Gasteiger charge is -2.22. The molecule has 126 valence electrons. The predicted octanol–water partition coefficient (Wildman–Crippen LogP) is 3.78. The number of rotatable bonds is 6. The normalized spacial score (nSPS) is 22.2. The molecule has 23 heavy (non-hydrogen) atoms. The molecular weight excluding hydrogens is 310 g/mol. The van der Waals surface area contributed by atoms with Gasteiger partial charge in [-0.25, -0.2) is 0 Å². The van der Waals surface area contributed by atoms with Crippen LogP contribution in [-0.4, -0.2) is 38.1 Å². The summed E-state index contributed by atoms with van der Waals surface area (Å²) >= 11 is 5.30. The van der Waals surface area contributed by atoms with Gasteiger partial charge < -0.3 is 14.2 Å². The summed E-state index contributed by atoms with van der Waals surface area (Å²) in [6.07, 6.45) is 6.70. The number of hydrogen-bond donors (Lipinski definition) is 0. The van der Waals surface area contributed by atoms with Crippen molar-refractivity contribution in [1.29, 1.82) is 0 Å². The number of benzene rings is 1. The van der Waals surface area contributed by atoms with Gasteiger partial charge in [0.15, 0.2) is 0 Å². The van der Waals surface area contributed by atoms with Crippen LogP contribution in [0.25, 0.3) is 0 Å². The molecule has 1 saturated carbocycles. The van der Waals surface area contributed by atoms with Crippen LogP contribution in [0, 0.1) is 5.92 Å². The first-order valence-corrected chi connectivity index (χ1v) is 8.87. The van der Waals surface area contributed by atoms with Gasteiger partial charge in [-0.1, -0.05) is 19.3 Å². The van der Waals surface area contributed by atoms with Gasteiger partial charge in [0.25, 0.3) is 5.17 Å². The van der Waals surface area contributed by atoms with Crippen molar-refractivity contribution in [3.8, 4) is 5.75 Å². The van der Waals surface area contributed by atoms with Gasteiger partial charge in [-0.05, 0) is 55.2 Å². The molecule has 2 aliphatic rings. The standard InChI is InChI=1S/C18H25NO3S/c1-20-13-17-11-19(18(23)22-17)15-7-9-16(10-8-15)21-12-14-5-3-2-4-6-14/h7-10,14,17H,2-6,11-13H2,1H3. The fraction of sp³-hybridized carbons (Fsp3) is 0.611. The monoisotopic (exact) mass is 335 g/mol. The highest BCUT2D eigenvalue weighted by molar-refractivity contribution is 7.80. The van der Waals surface area contributed by atoms with Crippen molar-refractivity contribution in [3.63, 3.8) is 0 Å². The molecule has 1 unspecified atom stereocenters. The molecule has 1 aromatic rings. The maximum atomic E-state index is 5.95. The molecule has 5 heteroatoms. The van der Waals surface area contributed by atoms with Crippen molar-refractivity contribution in [3.05, 3.63) is 24.3 Å². The van der Waals surface area contributed by atoms with Crippen LogP contribution in [-0.2, 0) is 9.47 Å². The van der Waals surface area contributed by atoms with E-state index in [0.29, 0.717) is 11.8 Å². The van der Waals surface area contributed by atoms with Crippen LogP contribution >= 0.6 is 12.2 Å². The molecule has 0 amide bonds. The van der Waals surface area contributed by atoms with E-state index in [2.05, 4.69) is 0 Å². The molecule has 0 aromatic heterocycles. The van der Waals surface area contributed by atoms with E-state index in [9.17, 15) is 0 Å². The van der Waals surface area contributed by atoms with Crippen LogP contribution in [0.3, 0.4) is 0 Å². The van der Waals surface area contributed by atoms with E-state index in [1.165, 1.54) is 32.1 Å². The quantitative estimate of drug-likeness (QED) is 0.739. The minimum Gasteiger partial charge on any atom is -0.493 e. The molecule has 3 rings (SSSR count). The Bertz CT molecular complexity index is 514. The summed E-state index contributed by atoms with van der Waals surface area (Å²) in [5.74, 6) is 1.65. The molecule has 0 radical (unpaired) electrons. The lowest BCUT2D eigenvalue weighted by atomic mass is 9.90. The second-order valence-corrected chi connectivity index (χ2v) is 6.73. The molecule has 1 aliphatic carbocycles. The minimum atomic E-state index is 0.00901. The Morgan fingerprint density at radius 3 is 2.57 bits per heavy atom. The van der Waals surface area contributed by atoms with Gasteiger partial charge in [-0.15, -0.1) is 0 Å². The number of nitrogens with zero attached hydrogens (tertiary/aromatic N) is 1. The number of methoxy groups -OCH3 is 1. The highest BCUT2D eigenvalue weighted by Crippen LogP contribution is 2.27. The average molecular weight is 335 g/mol. The maximum absolute atomic E-state index is 5.95. The third-order valence-electron chi connectivity index (χ3n) is 4.59. The second-order valence-electron chi connectivity index (χ2n) is 6.38. The maximum Gasteiger partial charge on any atom is 0.264 e. The van der Waals surface area contributed by atoms with Crippen molar-refractivity contribution in [2.45, 2.75) is 38.2 Å². The summed E-state index contributed by atoms with van der Waals surface area (Å²) in [5.41, 5.74) is 1.04. The van der Waals surface area contributed by atoms with E-state index in [1.807, 2.05) is 29.2 Å². The third kappa shape index (κ3) is 4.36. The SMILES string of the molecule is COCC1CN(c2ccc(OCC3CCCCC3)cc2)C(=S)O1. The molecular formula is C18H25NO3S. The van der Waals surface area contributed by atoms with Crippen molar-refractivity contribution in [1.82, 2.24) is 0 Å². The van der Waals surface area contributed by atoms with E-state index < -0.39 is 0 Å². The van der Waals surface area contributed by atoms with Crippen molar-refractivity contribution in [2.75, 3.05) is 31.8 Å². The zero-order valence-corrected chi connectivity index (χ0v) is 14.5. The molecule has 1 aromatic carbocycles. The second kappa shape index (κ2) is 7.97. The Morgan fingerprint density at radius 1 is 1.13 bits per heavy atom. The first-order valence-electron chi connectivity index (χ1n) is 8.46. The fourth-order valence-corrected chi connectivity index (χ4v) is 3.61. The summed E-state index contributed by atoms with van der Waals surface area (Å²) < 4.78 is 16.7. The Morgan fingerprint density at radius 2 is 1.87 bits per heavy atom. The Labute approximate surface area is 143 Å². The van der Waals surface area contributed by atoms with Crippen LogP contribution in [0.2, 0.25) is 0 Å². The molecule has 1 saturated heterocycles. The molecule has 0 N–H and O–H groups in total. The van der Waals surface area contributed by atoms with Gasteiger partial charge in [-0.2, -0.15) is 0 Å². The number of thiocarbonyl (C=S) groups is 1. The van der Waals surface area contributed by atoms with Crippen molar-refractivity contribution >= 4 is 23.1 Å². The average Bonchev–Trinajstić information content (AvgIpc) is 2.95. The third-order valence-corrected chi connectivity index (χ3v) is 4.90. The number of ether oxygens (including phenoxy) is 3. The molecule has 0 bridgehead atoms. The van der Waals surface area contributed by atoms with Gasteiger partial charge in [0.2, 0.25) is 0 Å². The van der Waals surface area contributed by atoms with Crippen LogP contribution in [0.4, 0.5) is 5.69 Å². The van der Waals surface area contributed by atoms with E-state index in [4.69, 9.17) is 26.4 Å².